The highest BCUT2D eigenvalue weighted by Crippen LogP contribution is 2.38. The van der Waals surface area contributed by atoms with Gasteiger partial charge >= 0.3 is 6.03 Å². The standard InChI is InChI=1S/C23H34ClN5O4/c1-27(23(31)29-7-3-4-8-29)10-11-28-9-5-18(19(14-28)32-2)26-22(30)16-13-17(24)20(25)15-6-12-33-21(15)16/h13,18-19H,3-12,14,25H2,1-2H3,(H,26,30)/t18-,19+/m1/s1. The van der Waals surface area contributed by atoms with E-state index in [0.29, 0.717) is 48.1 Å². The molecule has 2 saturated heterocycles. The van der Waals surface area contributed by atoms with Crippen molar-refractivity contribution in [2.75, 3.05) is 65.8 Å². The summed E-state index contributed by atoms with van der Waals surface area (Å²) in [7, 11) is 3.52. The number of halogens is 1. The van der Waals surface area contributed by atoms with Crippen LogP contribution in [0.2, 0.25) is 5.02 Å². The first-order valence-corrected chi connectivity index (χ1v) is 12.1. The minimum atomic E-state index is -0.230. The minimum absolute atomic E-state index is 0.106. The van der Waals surface area contributed by atoms with Gasteiger partial charge < -0.3 is 30.3 Å². The van der Waals surface area contributed by atoms with E-state index >= 15 is 0 Å². The second kappa shape index (κ2) is 10.4. The van der Waals surface area contributed by atoms with Gasteiger partial charge in [-0.3, -0.25) is 9.69 Å². The number of benzene rings is 1. The normalized spacial score (nSPS) is 22.7. The molecular weight excluding hydrogens is 446 g/mol. The number of methoxy groups -OCH3 is 1. The van der Waals surface area contributed by atoms with Crippen molar-refractivity contribution < 1.29 is 19.1 Å². The van der Waals surface area contributed by atoms with Crippen LogP contribution in [0.4, 0.5) is 10.5 Å². The Kier molecular flexibility index (Phi) is 7.51. The first kappa shape index (κ1) is 23.9. The van der Waals surface area contributed by atoms with E-state index < -0.39 is 0 Å². The van der Waals surface area contributed by atoms with Crippen LogP contribution in [-0.2, 0) is 11.2 Å². The zero-order valence-corrected chi connectivity index (χ0v) is 20.2. The first-order chi connectivity index (χ1) is 15.9. The Hall–Kier alpha value is -2.23. The summed E-state index contributed by atoms with van der Waals surface area (Å²) in [5.41, 5.74) is 7.76. The number of nitrogen functional groups attached to an aromatic ring is 1. The monoisotopic (exact) mass is 479 g/mol. The van der Waals surface area contributed by atoms with Crippen molar-refractivity contribution >= 4 is 29.2 Å². The molecule has 182 valence electrons. The van der Waals surface area contributed by atoms with Crippen molar-refractivity contribution in [2.45, 2.75) is 37.8 Å². The molecule has 0 saturated carbocycles. The van der Waals surface area contributed by atoms with Crippen LogP contribution >= 0.6 is 11.6 Å². The maximum Gasteiger partial charge on any atom is 0.319 e. The molecule has 2 fully saturated rings. The van der Waals surface area contributed by atoms with Crippen molar-refractivity contribution in [3.05, 3.63) is 22.2 Å². The van der Waals surface area contributed by atoms with Gasteiger partial charge in [-0.05, 0) is 25.3 Å². The molecule has 4 rings (SSSR count). The van der Waals surface area contributed by atoms with E-state index in [1.54, 1.807) is 18.1 Å². The van der Waals surface area contributed by atoms with E-state index in [9.17, 15) is 9.59 Å². The number of likely N-dealkylation sites (N-methyl/N-ethyl adjacent to an activating group) is 1. The second-order valence-corrected chi connectivity index (χ2v) is 9.47. The minimum Gasteiger partial charge on any atom is -0.492 e. The van der Waals surface area contributed by atoms with Crippen LogP contribution in [-0.4, -0.2) is 98.8 Å². The van der Waals surface area contributed by atoms with Gasteiger partial charge in [0.15, 0.2) is 0 Å². The van der Waals surface area contributed by atoms with Gasteiger partial charge in [-0.2, -0.15) is 0 Å². The lowest BCUT2D eigenvalue weighted by atomic mass is 10.00. The summed E-state index contributed by atoms with van der Waals surface area (Å²) in [5, 5.41) is 3.48. The van der Waals surface area contributed by atoms with Crippen molar-refractivity contribution in [3.8, 4) is 5.75 Å². The highest BCUT2D eigenvalue weighted by atomic mass is 35.5. The number of piperidine rings is 1. The summed E-state index contributed by atoms with van der Waals surface area (Å²) < 4.78 is 11.4. The van der Waals surface area contributed by atoms with Crippen LogP contribution in [0.15, 0.2) is 6.07 Å². The number of nitrogens with two attached hydrogens (primary N) is 1. The summed E-state index contributed by atoms with van der Waals surface area (Å²) in [6, 6.07) is 1.56. The van der Waals surface area contributed by atoms with E-state index in [1.807, 2.05) is 11.9 Å². The molecule has 10 heteroatoms. The predicted octanol–water partition coefficient (Wildman–Crippen LogP) is 1.82. The van der Waals surface area contributed by atoms with Gasteiger partial charge in [0.1, 0.15) is 5.75 Å². The number of carbonyl (C=O) groups excluding carboxylic acids is 2. The van der Waals surface area contributed by atoms with E-state index in [1.165, 1.54) is 0 Å². The fourth-order valence-electron chi connectivity index (χ4n) is 4.91. The third-order valence-corrected chi connectivity index (χ3v) is 7.25. The summed E-state index contributed by atoms with van der Waals surface area (Å²) in [6.45, 7) is 5.13. The van der Waals surface area contributed by atoms with Gasteiger partial charge in [-0.15, -0.1) is 0 Å². The number of nitrogens with one attached hydrogen (secondary N) is 1. The number of likely N-dealkylation sites (tertiary alicyclic amines) is 2. The Morgan fingerprint density at radius 2 is 2.09 bits per heavy atom. The molecule has 0 aliphatic carbocycles. The highest BCUT2D eigenvalue weighted by molar-refractivity contribution is 6.33. The number of anilines is 1. The van der Waals surface area contributed by atoms with Crippen molar-refractivity contribution in [1.82, 2.24) is 20.0 Å². The number of urea groups is 1. The van der Waals surface area contributed by atoms with Gasteiger partial charge in [0, 0.05) is 65.4 Å². The number of ether oxygens (including phenoxy) is 2. The van der Waals surface area contributed by atoms with Gasteiger partial charge in [-0.25, -0.2) is 4.79 Å². The summed E-state index contributed by atoms with van der Waals surface area (Å²) in [6.07, 6.45) is 3.42. The molecule has 0 bridgehead atoms. The Morgan fingerprint density at radius 3 is 2.82 bits per heavy atom. The zero-order valence-electron chi connectivity index (χ0n) is 19.4. The summed E-state index contributed by atoms with van der Waals surface area (Å²) >= 11 is 6.26. The Balaban J connectivity index is 1.32. The van der Waals surface area contributed by atoms with Crippen LogP contribution in [0.1, 0.15) is 35.2 Å². The van der Waals surface area contributed by atoms with Gasteiger partial charge in [0.05, 0.1) is 35.0 Å². The van der Waals surface area contributed by atoms with E-state index in [-0.39, 0.29) is 24.1 Å². The van der Waals surface area contributed by atoms with Crippen molar-refractivity contribution in [2.24, 2.45) is 0 Å². The predicted molar refractivity (Wildman–Crippen MR) is 127 cm³/mol. The molecule has 3 amide bonds. The Morgan fingerprint density at radius 1 is 1.33 bits per heavy atom. The van der Waals surface area contributed by atoms with Gasteiger partial charge in [0.2, 0.25) is 0 Å². The third kappa shape index (κ3) is 5.15. The second-order valence-electron chi connectivity index (χ2n) is 9.07. The average molecular weight is 480 g/mol. The van der Waals surface area contributed by atoms with Crippen LogP contribution in [0.25, 0.3) is 0 Å². The largest absolute Gasteiger partial charge is 0.492 e. The molecule has 0 spiro atoms. The molecule has 1 aromatic carbocycles. The maximum absolute atomic E-state index is 13.1. The lowest BCUT2D eigenvalue weighted by molar-refractivity contribution is 0.00501. The SMILES string of the molecule is CO[C@H]1CN(CCN(C)C(=O)N2CCCC2)CC[C@H]1NC(=O)c1cc(Cl)c(N)c2c1OCC2. The molecular formula is C23H34ClN5O4. The molecule has 9 nitrogen and oxygen atoms in total. The quantitative estimate of drug-likeness (QED) is 0.604. The van der Waals surface area contributed by atoms with E-state index in [4.69, 9.17) is 26.8 Å². The maximum atomic E-state index is 13.1. The molecule has 1 aromatic rings. The van der Waals surface area contributed by atoms with Gasteiger partial charge in [0.25, 0.3) is 5.91 Å². The number of carbonyl (C=O) groups is 2. The zero-order chi connectivity index (χ0) is 23.5. The molecule has 0 unspecified atom stereocenters. The first-order valence-electron chi connectivity index (χ1n) is 11.7. The summed E-state index contributed by atoms with van der Waals surface area (Å²) in [4.78, 5) is 31.6. The van der Waals surface area contributed by atoms with Gasteiger partial charge in [-0.1, -0.05) is 11.6 Å². The molecule has 3 N–H and O–H groups in total. The fourth-order valence-corrected chi connectivity index (χ4v) is 5.13. The smallest absolute Gasteiger partial charge is 0.319 e. The number of fused-ring (bicyclic) bond motifs is 1. The molecule has 33 heavy (non-hydrogen) atoms. The van der Waals surface area contributed by atoms with E-state index in [2.05, 4.69) is 10.2 Å². The van der Waals surface area contributed by atoms with Crippen LogP contribution < -0.4 is 15.8 Å². The van der Waals surface area contributed by atoms with Crippen LogP contribution in [0.5, 0.6) is 5.75 Å². The Bertz CT molecular complexity index is 892. The number of nitrogens with zero attached hydrogens (tertiary/aromatic N) is 3. The molecule has 0 aromatic heterocycles. The Labute approximate surface area is 200 Å². The molecule has 3 aliphatic rings. The van der Waals surface area contributed by atoms with Crippen molar-refractivity contribution in [1.29, 1.82) is 0 Å². The van der Waals surface area contributed by atoms with E-state index in [0.717, 1.165) is 51.0 Å². The van der Waals surface area contributed by atoms with Crippen LogP contribution in [0, 0.1) is 0 Å². The molecule has 2 atom stereocenters. The number of amides is 3. The average Bonchev–Trinajstić information content (AvgIpc) is 3.52. The lowest BCUT2D eigenvalue weighted by Gasteiger charge is -2.38. The van der Waals surface area contributed by atoms with Crippen LogP contribution in [0.3, 0.4) is 0 Å². The highest BCUT2D eigenvalue weighted by Gasteiger charge is 2.33. The summed E-state index contributed by atoms with van der Waals surface area (Å²) in [5.74, 6) is 0.304. The molecule has 3 heterocycles. The fraction of sp³-hybridized carbons (Fsp3) is 0.652. The lowest BCUT2D eigenvalue weighted by Crippen LogP contribution is -2.56. The molecule has 3 aliphatic heterocycles. The number of hydrogen-bond acceptors (Lipinski definition) is 6. The topological polar surface area (TPSA) is 100 Å². The third-order valence-electron chi connectivity index (χ3n) is 6.93. The molecule has 0 radical (unpaired) electrons. The number of hydrogen-bond donors (Lipinski definition) is 2. The van der Waals surface area contributed by atoms with Crippen molar-refractivity contribution in [3.63, 3.8) is 0 Å². The number of rotatable bonds is 6.